The fourth-order valence-corrected chi connectivity index (χ4v) is 3.72. The summed E-state index contributed by atoms with van der Waals surface area (Å²) in [5, 5.41) is 5.24. The number of aromatic nitrogens is 3. The zero-order chi connectivity index (χ0) is 17.9. The van der Waals surface area contributed by atoms with E-state index in [0.29, 0.717) is 23.9 Å². The monoisotopic (exact) mass is 366 g/mol. The number of methoxy groups -OCH3 is 1. The van der Waals surface area contributed by atoms with Gasteiger partial charge in [0.15, 0.2) is 5.16 Å². The fraction of sp³-hybridized carbons (Fsp3) is 0.211. The summed E-state index contributed by atoms with van der Waals surface area (Å²) in [6.07, 6.45) is 0.486. The lowest BCUT2D eigenvalue weighted by molar-refractivity contribution is 0.414. The van der Waals surface area contributed by atoms with Gasteiger partial charge in [0.1, 0.15) is 18.1 Å². The molecule has 0 N–H and O–H groups in total. The quantitative estimate of drug-likeness (QED) is 0.708. The van der Waals surface area contributed by atoms with Gasteiger partial charge < -0.3 is 9.64 Å². The third-order valence-electron chi connectivity index (χ3n) is 4.21. The highest BCUT2D eigenvalue weighted by Crippen LogP contribution is 2.27. The average molecular weight is 366 g/mol. The third kappa shape index (κ3) is 3.43. The number of nitrogens with zero attached hydrogens (tertiary/aromatic N) is 4. The van der Waals surface area contributed by atoms with Crippen LogP contribution in [0.4, 0.5) is 5.69 Å². The number of rotatable bonds is 4. The van der Waals surface area contributed by atoms with E-state index in [4.69, 9.17) is 4.74 Å². The van der Waals surface area contributed by atoms with Gasteiger partial charge >= 0.3 is 0 Å². The van der Waals surface area contributed by atoms with Crippen molar-refractivity contribution in [2.24, 2.45) is 0 Å². The van der Waals surface area contributed by atoms with Crippen LogP contribution < -0.4 is 15.2 Å². The molecule has 1 aliphatic heterocycles. The Hall–Kier alpha value is -2.80. The van der Waals surface area contributed by atoms with Crippen molar-refractivity contribution < 1.29 is 4.74 Å². The molecule has 0 spiro atoms. The summed E-state index contributed by atoms with van der Waals surface area (Å²) in [5.74, 6) is 1.55. The molecule has 1 aliphatic rings. The predicted molar refractivity (Wildman–Crippen MR) is 102 cm³/mol. The number of thioether (sulfide) groups is 1. The highest BCUT2D eigenvalue weighted by atomic mass is 32.2. The minimum Gasteiger partial charge on any atom is -0.497 e. The van der Waals surface area contributed by atoms with Crippen LogP contribution in [-0.4, -0.2) is 27.8 Å². The summed E-state index contributed by atoms with van der Waals surface area (Å²) in [4.78, 5) is 18.7. The van der Waals surface area contributed by atoms with Crippen LogP contribution in [-0.2, 0) is 13.1 Å². The Morgan fingerprint density at radius 2 is 1.88 bits per heavy atom. The number of benzene rings is 2. The van der Waals surface area contributed by atoms with Gasteiger partial charge in [-0.05, 0) is 29.8 Å². The van der Waals surface area contributed by atoms with E-state index < -0.39 is 0 Å². The van der Waals surface area contributed by atoms with E-state index in [1.54, 1.807) is 11.8 Å². The first-order chi connectivity index (χ1) is 12.7. The standard InChI is InChI=1S/C19H18N4O2S/c1-25-16-9-7-15(8-10-16)22-12-23-19(26-13-22)20-18(24)17(21-23)11-14-5-3-2-4-6-14/h2-10H,11-13H2,1H3. The zero-order valence-electron chi connectivity index (χ0n) is 14.3. The van der Waals surface area contributed by atoms with Crippen LogP contribution in [0.3, 0.4) is 0 Å². The first kappa shape index (κ1) is 16.7. The Labute approximate surface area is 155 Å². The summed E-state index contributed by atoms with van der Waals surface area (Å²) in [6.45, 7) is 0.559. The van der Waals surface area contributed by atoms with Gasteiger partial charge in [0.05, 0.1) is 13.0 Å². The normalized spacial score (nSPS) is 13.3. The number of ether oxygens (including phenoxy) is 1. The van der Waals surface area contributed by atoms with Crippen LogP contribution in [0.25, 0.3) is 0 Å². The highest BCUT2D eigenvalue weighted by Gasteiger charge is 2.20. The second-order valence-electron chi connectivity index (χ2n) is 5.96. The topological polar surface area (TPSA) is 60.2 Å². The molecule has 1 aromatic heterocycles. The number of hydrogen-bond acceptors (Lipinski definition) is 6. The highest BCUT2D eigenvalue weighted by molar-refractivity contribution is 7.99. The van der Waals surface area contributed by atoms with E-state index in [1.807, 2.05) is 54.6 Å². The molecule has 132 valence electrons. The fourth-order valence-electron chi connectivity index (χ4n) is 2.83. The second kappa shape index (κ2) is 7.21. The lowest BCUT2D eigenvalue weighted by Crippen LogP contribution is -2.35. The first-order valence-electron chi connectivity index (χ1n) is 8.27. The predicted octanol–water partition coefficient (Wildman–Crippen LogP) is 2.77. The summed E-state index contributed by atoms with van der Waals surface area (Å²) < 4.78 is 7.02. The third-order valence-corrected chi connectivity index (χ3v) is 5.21. The Balaban J connectivity index is 1.59. The van der Waals surface area contributed by atoms with Crippen molar-refractivity contribution in [3.8, 4) is 5.75 Å². The molecule has 0 atom stereocenters. The summed E-state index contributed by atoms with van der Waals surface area (Å²) in [7, 11) is 1.65. The van der Waals surface area contributed by atoms with Crippen LogP contribution >= 0.6 is 11.8 Å². The van der Waals surface area contributed by atoms with Gasteiger partial charge in [-0.25, -0.2) is 4.68 Å². The SMILES string of the molecule is COc1ccc(N2CSc3nc(=O)c(Cc4ccccc4)nn3C2)cc1. The molecule has 0 aliphatic carbocycles. The van der Waals surface area contributed by atoms with Gasteiger partial charge in [0.25, 0.3) is 5.56 Å². The van der Waals surface area contributed by atoms with Gasteiger partial charge in [-0.3, -0.25) is 4.79 Å². The molecule has 3 aromatic rings. The number of hydrogen-bond donors (Lipinski definition) is 0. The molecule has 0 radical (unpaired) electrons. The zero-order valence-corrected chi connectivity index (χ0v) is 15.1. The van der Waals surface area contributed by atoms with Gasteiger partial charge in [0.2, 0.25) is 0 Å². The Morgan fingerprint density at radius 1 is 1.12 bits per heavy atom. The maximum Gasteiger partial charge on any atom is 0.295 e. The van der Waals surface area contributed by atoms with E-state index in [-0.39, 0.29) is 5.56 Å². The van der Waals surface area contributed by atoms with Gasteiger partial charge in [-0.15, -0.1) is 0 Å². The van der Waals surface area contributed by atoms with Crippen LogP contribution in [0, 0.1) is 0 Å². The molecule has 2 heterocycles. The molecule has 2 aromatic carbocycles. The van der Waals surface area contributed by atoms with Crippen LogP contribution in [0.1, 0.15) is 11.3 Å². The molecule has 7 heteroatoms. The van der Waals surface area contributed by atoms with Gasteiger partial charge in [-0.2, -0.15) is 10.1 Å². The molecular formula is C19H18N4O2S. The molecule has 4 rings (SSSR count). The first-order valence-corrected chi connectivity index (χ1v) is 9.25. The van der Waals surface area contributed by atoms with Crippen molar-refractivity contribution in [3.63, 3.8) is 0 Å². The molecule has 26 heavy (non-hydrogen) atoms. The van der Waals surface area contributed by atoms with Gasteiger partial charge in [-0.1, -0.05) is 42.1 Å². The molecule has 0 amide bonds. The van der Waals surface area contributed by atoms with Crippen LogP contribution in [0.15, 0.2) is 64.5 Å². The van der Waals surface area contributed by atoms with E-state index in [9.17, 15) is 4.79 Å². The number of anilines is 1. The van der Waals surface area contributed by atoms with Crippen molar-refractivity contribution >= 4 is 17.4 Å². The molecule has 0 saturated carbocycles. The number of fused-ring (bicyclic) bond motifs is 1. The van der Waals surface area contributed by atoms with E-state index in [0.717, 1.165) is 22.9 Å². The molecule has 0 saturated heterocycles. The summed E-state index contributed by atoms with van der Waals surface area (Å²) in [6, 6.07) is 17.8. The molecule has 0 fully saturated rings. The lowest BCUT2D eigenvalue weighted by atomic mass is 10.1. The van der Waals surface area contributed by atoms with E-state index >= 15 is 0 Å². The molecular weight excluding hydrogens is 348 g/mol. The average Bonchev–Trinajstić information content (AvgIpc) is 2.69. The van der Waals surface area contributed by atoms with E-state index in [1.165, 1.54) is 11.8 Å². The van der Waals surface area contributed by atoms with Crippen molar-refractivity contribution in [1.82, 2.24) is 14.8 Å². The smallest absolute Gasteiger partial charge is 0.295 e. The molecule has 0 bridgehead atoms. The maximum absolute atomic E-state index is 12.3. The van der Waals surface area contributed by atoms with Crippen LogP contribution in [0.2, 0.25) is 0 Å². The minimum atomic E-state index is -0.245. The molecule has 0 unspecified atom stereocenters. The maximum atomic E-state index is 12.3. The minimum absolute atomic E-state index is 0.245. The van der Waals surface area contributed by atoms with Crippen molar-refractivity contribution in [3.05, 3.63) is 76.2 Å². The Kier molecular flexibility index (Phi) is 4.62. The molecule has 6 nitrogen and oxygen atoms in total. The lowest BCUT2D eigenvalue weighted by Gasteiger charge is -2.30. The van der Waals surface area contributed by atoms with Crippen molar-refractivity contribution in [2.45, 2.75) is 18.2 Å². The second-order valence-corrected chi connectivity index (χ2v) is 6.87. The summed E-state index contributed by atoms with van der Waals surface area (Å²) in [5.41, 5.74) is 2.35. The van der Waals surface area contributed by atoms with Crippen LogP contribution in [0.5, 0.6) is 5.75 Å². The summed E-state index contributed by atoms with van der Waals surface area (Å²) >= 11 is 1.51. The van der Waals surface area contributed by atoms with Crippen molar-refractivity contribution in [1.29, 1.82) is 0 Å². The Bertz CT molecular complexity index is 958. The van der Waals surface area contributed by atoms with Crippen molar-refractivity contribution in [2.75, 3.05) is 17.9 Å². The van der Waals surface area contributed by atoms with E-state index in [2.05, 4.69) is 15.0 Å². The Morgan fingerprint density at radius 3 is 2.62 bits per heavy atom. The van der Waals surface area contributed by atoms with Gasteiger partial charge in [0, 0.05) is 12.1 Å². The largest absolute Gasteiger partial charge is 0.497 e.